The first-order valence-electron chi connectivity index (χ1n) is 5.59. The summed E-state index contributed by atoms with van der Waals surface area (Å²) >= 11 is 5.74. The van der Waals surface area contributed by atoms with Gasteiger partial charge < -0.3 is 15.3 Å². The van der Waals surface area contributed by atoms with Crippen LogP contribution in [0, 0.1) is 0 Å². The van der Waals surface area contributed by atoms with E-state index < -0.39 is 0 Å². The van der Waals surface area contributed by atoms with Gasteiger partial charge in [0.15, 0.2) is 0 Å². The molecular weight excluding hydrogens is 240 g/mol. The summed E-state index contributed by atoms with van der Waals surface area (Å²) in [7, 11) is 0. The average molecular weight is 255 g/mol. The molecule has 1 heterocycles. The van der Waals surface area contributed by atoms with Gasteiger partial charge in [-0.25, -0.2) is 0 Å². The summed E-state index contributed by atoms with van der Waals surface area (Å²) in [6.45, 7) is 4.12. The second-order valence-corrected chi connectivity index (χ2v) is 4.70. The van der Waals surface area contributed by atoms with Crippen LogP contribution in [0.5, 0.6) is 5.75 Å². The maximum absolute atomic E-state index is 12.2. The zero-order valence-corrected chi connectivity index (χ0v) is 10.4. The van der Waals surface area contributed by atoms with Gasteiger partial charge in [-0.2, -0.15) is 0 Å². The van der Waals surface area contributed by atoms with Crippen molar-refractivity contribution in [2.24, 2.45) is 0 Å². The fourth-order valence-corrected chi connectivity index (χ4v) is 2.14. The van der Waals surface area contributed by atoms with Crippen LogP contribution >= 0.6 is 11.6 Å². The number of amides is 1. The Morgan fingerprint density at radius 1 is 1.59 bits per heavy atom. The molecule has 1 unspecified atom stereocenters. The van der Waals surface area contributed by atoms with E-state index in [0.29, 0.717) is 23.7 Å². The molecule has 0 aromatic heterocycles. The lowest BCUT2D eigenvalue weighted by Crippen LogP contribution is -2.51. The van der Waals surface area contributed by atoms with Gasteiger partial charge in [-0.3, -0.25) is 4.79 Å². The maximum atomic E-state index is 12.2. The molecule has 1 saturated heterocycles. The number of carbonyl (C=O) groups is 1. The number of phenols is 1. The Morgan fingerprint density at radius 2 is 2.35 bits per heavy atom. The summed E-state index contributed by atoms with van der Waals surface area (Å²) in [4.78, 5) is 13.9. The van der Waals surface area contributed by atoms with Gasteiger partial charge in [0.05, 0.1) is 5.56 Å². The smallest absolute Gasteiger partial charge is 0.257 e. The fourth-order valence-electron chi connectivity index (χ4n) is 1.97. The molecule has 0 aliphatic carbocycles. The first-order chi connectivity index (χ1) is 8.08. The van der Waals surface area contributed by atoms with Crippen LogP contribution in [-0.2, 0) is 0 Å². The minimum absolute atomic E-state index is 0.0614. The molecule has 4 nitrogen and oxygen atoms in total. The van der Waals surface area contributed by atoms with Gasteiger partial charge in [0.2, 0.25) is 0 Å². The molecule has 0 bridgehead atoms. The first-order valence-corrected chi connectivity index (χ1v) is 5.97. The number of hydrogen-bond donors (Lipinski definition) is 2. The molecule has 1 atom stereocenters. The summed E-state index contributed by atoms with van der Waals surface area (Å²) in [5.41, 5.74) is 0.309. The lowest BCUT2D eigenvalue weighted by atomic mass is 10.1. The molecule has 1 aliphatic heterocycles. The Balaban J connectivity index is 2.18. The van der Waals surface area contributed by atoms with Crippen LogP contribution in [-0.4, -0.2) is 41.6 Å². The van der Waals surface area contributed by atoms with E-state index in [9.17, 15) is 9.90 Å². The van der Waals surface area contributed by atoms with E-state index in [1.807, 2.05) is 6.92 Å². The Labute approximate surface area is 105 Å². The van der Waals surface area contributed by atoms with Crippen LogP contribution in [0.4, 0.5) is 0 Å². The molecule has 1 aromatic rings. The third kappa shape index (κ3) is 2.70. The highest BCUT2D eigenvalue weighted by molar-refractivity contribution is 6.30. The number of hydrogen-bond acceptors (Lipinski definition) is 3. The average Bonchev–Trinajstić information content (AvgIpc) is 2.28. The van der Waals surface area contributed by atoms with E-state index in [-0.39, 0.29) is 17.7 Å². The normalized spacial score (nSPS) is 20.4. The van der Waals surface area contributed by atoms with Crippen molar-refractivity contribution in [1.82, 2.24) is 10.2 Å². The highest BCUT2D eigenvalue weighted by Crippen LogP contribution is 2.23. The molecule has 5 heteroatoms. The third-order valence-electron chi connectivity index (χ3n) is 2.85. The molecule has 17 heavy (non-hydrogen) atoms. The van der Waals surface area contributed by atoms with Crippen LogP contribution in [0.25, 0.3) is 0 Å². The molecule has 0 saturated carbocycles. The highest BCUT2D eigenvalue weighted by Gasteiger charge is 2.23. The predicted molar refractivity (Wildman–Crippen MR) is 66.5 cm³/mol. The third-order valence-corrected chi connectivity index (χ3v) is 3.08. The summed E-state index contributed by atoms with van der Waals surface area (Å²) in [6.07, 6.45) is 0. The van der Waals surface area contributed by atoms with E-state index in [1.54, 1.807) is 17.0 Å². The summed E-state index contributed by atoms with van der Waals surface area (Å²) in [5, 5.41) is 13.4. The number of carbonyl (C=O) groups excluding carboxylic acids is 1. The predicted octanol–water partition coefficient (Wildman–Crippen LogP) is 1.48. The van der Waals surface area contributed by atoms with Gasteiger partial charge in [-0.05, 0) is 25.1 Å². The van der Waals surface area contributed by atoms with Crippen molar-refractivity contribution in [2.45, 2.75) is 13.0 Å². The number of benzene rings is 1. The molecule has 92 valence electrons. The van der Waals surface area contributed by atoms with E-state index in [0.717, 1.165) is 6.54 Å². The van der Waals surface area contributed by atoms with Crippen molar-refractivity contribution >= 4 is 17.5 Å². The zero-order valence-electron chi connectivity index (χ0n) is 9.61. The fraction of sp³-hybridized carbons (Fsp3) is 0.417. The van der Waals surface area contributed by atoms with Crippen molar-refractivity contribution in [1.29, 1.82) is 0 Å². The molecule has 0 radical (unpaired) electrons. The molecule has 2 rings (SSSR count). The Morgan fingerprint density at radius 3 is 3.00 bits per heavy atom. The minimum atomic E-state index is -0.146. The molecular formula is C12H15ClN2O2. The van der Waals surface area contributed by atoms with Gasteiger partial charge in [0.1, 0.15) is 5.75 Å². The highest BCUT2D eigenvalue weighted by atomic mass is 35.5. The van der Waals surface area contributed by atoms with Crippen molar-refractivity contribution in [3.63, 3.8) is 0 Å². The molecule has 1 aromatic carbocycles. The Hall–Kier alpha value is -1.26. The lowest BCUT2D eigenvalue weighted by molar-refractivity contribution is 0.0706. The molecule has 0 spiro atoms. The molecule has 2 N–H and O–H groups in total. The molecule has 1 amide bonds. The number of nitrogens with zero attached hydrogens (tertiary/aromatic N) is 1. The Bertz CT molecular complexity index is 437. The number of halogens is 1. The number of rotatable bonds is 1. The SMILES string of the molecule is CC1CN(C(=O)c2ccc(Cl)cc2O)CCN1. The summed E-state index contributed by atoms with van der Waals surface area (Å²) in [5.74, 6) is -0.207. The van der Waals surface area contributed by atoms with Gasteiger partial charge in [-0.1, -0.05) is 11.6 Å². The number of nitrogens with one attached hydrogen (secondary N) is 1. The second-order valence-electron chi connectivity index (χ2n) is 4.27. The summed E-state index contributed by atoms with van der Waals surface area (Å²) in [6, 6.07) is 4.84. The van der Waals surface area contributed by atoms with E-state index in [4.69, 9.17) is 11.6 Å². The van der Waals surface area contributed by atoms with Crippen LogP contribution in [0.15, 0.2) is 18.2 Å². The monoisotopic (exact) mass is 254 g/mol. The van der Waals surface area contributed by atoms with Crippen molar-refractivity contribution in [3.8, 4) is 5.75 Å². The quantitative estimate of drug-likeness (QED) is 0.798. The van der Waals surface area contributed by atoms with Crippen LogP contribution in [0.3, 0.4) is 0 Å². The molecule has 1 aliphatic rings. The zero-order chi connectivity index (χ0) is 12.4. The van der Waals surface area contributed by atoms with Gasteiger partial charge in [0, 0.05) is 30.7 Å². The van der Waals surface area contributed by atoms with Crippen molar-refractivity contribution < 1.29 is 9.90 Å². The van der Waals surface area contributed by atoms with Gasteiger partial charge in [-0.15, -0.1) is 0 Å². The van der Waals surface area contributed by atoms with Crippen LogP contribution < -0.4 is 5.32 Å². The van der Waals surface area contributed by atoms with E-state index >= 15 is 0 Å². The number of piperazine rings is 1. The maximum Gasteiger partial charge on any atom is 0.257 e. The minimum Gasteiger partial charge on any atom is -0.507 e. The van der Waals surface area contributed by atoms with Gasteiger partial charge in [0.25, 0.3) is 5.91 Å². The van der Waals surface area contributed by atoms with E-state index in [2.05, 4.69) is 5.32 Å². The second kappa shape index (κ2) is 4.94. The summed E-state index contributed by atoms with van der Waals surface area (Å²) < 4.78 is 0. The van der Waals surface area contributed by atoms with Crippen LogP contribution in [0.2, 0.25) is 5.02 Å². The lowest BCUT2D eigenvalue weighted by Gasteiger charge is -2.32. The largest absolute Gasteiger partial charge is 0.507 e. The molecule has 1 fully saturated rings. The Kier molecular flexibility index (Phi) is 3.54. The van der Waals surface area contributed by atoms with Crippen molar-refractivity contribution in [2.75, 3.05) is 19.6 Å². The van der Waals surface area contributed by atoms with Crippen LogP contribution in [0.1, 0.15) is 17.3 Å². The standard InChI is InChI=1S/C12H15ClN2O2/c1-8-7-15(5-4-14-8)12(17)10-3-2-9(13)6-11(10)16/h2-3,6,8,14,16H,4-5,7H2,1H3. The van der Waals surface area contributed by atoms with E-state index in [1.165, 1.54) is 6.07 Å². The van der Waals surface area contributed by atoms with Gasteiger partial charge >= 0.3 is 0 Å². The van der Waals surface area contributed by atoms with Crippen molar-refractivity contribution in [3.05, 3.63) is 28.8 Å². The number of phenolic OH excluding ortho intramolecular Hbond substituents is 1. The topological polar surface area (TPSA) is 52.6 Å². The number of aromatic hydroxyl groups is 1. The first kappa shape index (κ1) is 12.2.